The first-order valence-corrected chi connectivity index (χ1v) is 6.38. The van der Waals surface area contributed by atoms with E-state index in [0.29, 0.717) is 6.54 Å². The zero-order valence-electron chi connectivity index (χ0n) is 9.26. The average molecular weight is 306 g/mol. The van der Waals surface area contributed by atoms with Crippen LogP contribution in [0.3, 0.4) is 0 Å². The monoisotopic (exact) mass is 305 g/mol. The molecule has 0 spiro atoms. The molecule has 0 atom stereocenters. The second-order valence-electron chi connectivity index (χ2n) is 4.20. The molecule has 5 heteroatoms. The van der Waals surface area contributed by atoms with Crippen LogP contribution in [0.1, 0.15) is 18.4 Å². The first kappa shape index (κ1) is 12.8. The molecule has 2 rings (SSSR count). The fraction of sp³-hybridized carbons (Fsp3) is 0.500. The van der Waals surface area contributed by atoms with Crippen molar-refractivity contribution in [3.05, 3.63) is 28.2 Å². The summed E-state index contributed by atoms with van der Waals surface area (Å²) in [7, 11) is 0. The first-order valence-electron chi connectivity index (χ1n) is 5.59. The summed E-state index contributed by atoms with van der Waals surface area (Å²) in [6.07, 6.45) is 2.54. The molecule has 0 unspecified atom stereocenters. The van der Waals surface area contributed by atoms with E-state index >= 15 is 0 Å². The highest BCUT2D eigenvalue weighted by Gasteiger charge is 2.20. The molecule has 94 valence electrons. The van der Waals surface area contributed by atoms with E-state index in [1.54, 1.807) is 18.2 Å². The molecule has 1 aliphatic rings. The summed E-state index contributed by atoms with van der Waals surface area (Å²) in [5, 5.41) is 3.26. The van der Waals surface area contributed by atoms with Crippen molar-refractivity contribution in [3.8, 4) is 5.75 Å². The van der Waals surface area contributed by atoms with Gasteiger partial charge in [-0.25, -0.2) is 0 Å². The number of alkyl halides is 2. The van der Waals surface area contributed by atoms with Gasteiger partial charge in [0, 0.05) is 16.6 Å². The van der Waals surface area contributed by atoms with Crippen molar-refractivity contribution < 1.29 is 13.5 Å². The number of hydrogen-bond donors (Lipinski definition) is 1. The molecule has 0 aromatic heterocycles. The zero-order valence-corrected chi connectivity index (χ0v) is 10.8. The number of halogens is 3. The molecule has 17 heavy (non-hydrogen) atoms. The fourth-order valence-electron chi connectivity index (χ4n) is 1.63. The van der Waals surface area contributed by atoms with E-state index in [9.17, 15) is 8.78 Å². The second kappa shape index (κ2) is 5.78. The van der Waals surface area contributed by atoms with Crippen LogP contribution in [0, 0.1) is 5.92 Å². The smallest absolute Gasteiger partial charge is 0.387 e. The average Bonchev–Trinajstić information content (AvgIpc) is 3.05. The lowest BCUT2D eigenvalue weighted by Crippen LogP contribution is -2.17. The molecule has 0 saturated heterocycles. The van der Waals surface area contributed by atoms with Gasteiger partial charge >= 0.3 is 6.61 Å². The molecule has 2 nitrogen and oxygen atoms in total. The summed E-state index contributed by atoms with van der Waals surface area (Å²) in [5.74, 6) is 1.01. The number of benzene rings is 1. The summed E-state index contributed by atoms with van der Waals surface area (Å²) in [6, 6.07) is 5.06. The van der Waals surface area contributed by atoms with Crippen molar-refractivity contribution in [2.75, 3.05) is 6.54 Å². The van der Waals surface area contributed by atoms with Crippen molar-refractivity contribution >= 4 is 15.9 Å². The quantitative estimate of drug-likeness (QED) is 0.868. The zero-order chi connectivity index (χ0) is 12.3. The molecule has 0 radical (unpaired) electrons. The van der Waals surface area contributed by atoms with Crippen molar-refractivity contribution in [2.45, 2.75) is 26.0 Å². The van der Waals surface area contributed by atoms with Crippen LogP contribution < -0.4 is 10.1 Å². The van der Waals surface area contributed by atoms with Gasteiger partial charge in [0.2, 0.25) is 0 Å². The molecule has 0 bridgehead atoms. The highest BCUT2D eigenvalue weighted by molar-refractivity contribution is 9.10. The Morgan fingerprint density at radius 1 is 1.41 bits per heavy atom. The minimum absolute atomic E-state index is 0.242. The van der Waals surface area contributed by atoms with Crippen molar-refractivity contribution in [1.82, 2.24) is 5.32 Å². The van der Waals surface area contributed by atoms with Crippen LogP contribution in [-0.4, -0.2) is 13.2 Å². The van der Waals surface area contributed by atoms with Crippen molar-refractivity contribution in [1.29, 1.82) is 0 Å². The molecule has 0 heterocycles. The SMILES string of the molecule is FC(F)Oc1ccc(Br)cc1CNCC1CC1. The molecular formula is C12H14BrF2NO. The molecule has 0 aliphatic heterocycles. The fourth-order valence-corrected chi connectivity index (χ4v) is 2.04. The number of hydrogen-bond acceptors (Lipinski definition) is 2. The van der Waals surface area contributed by atoms with Gasteiger partial charge in [0.1, 0.15) is 5.75 Å². The van der Waals surface area contributed by atoms with Crippen LogP contribution in [-0.2, 0) is 6.54 Å². The standard InChI is InChI=1S/C12H14BrF2NO/c13-10-3-4-11(17-12(14)15)9(5-10)7-16-6-8-1-2-8/h3-5,8,12,16H,1-2,6-7H2. The van der Waals surface area contributed by atoms with Crippen LogP contribution >= 0.6 is 15.9 Å². The van der Waals surface area contributed by atoms with E-state index in [4.69, 9.17) is 0 Å². The van der Waals surface area contributed by atoms with Gasteiger partial charge in [0.15, 0.2) is 0 Å². The van der Waals surface area contributed by atoms with Gasteiger partial charge in [0.25, 0.3) is 0 Å². The van der Waals surface area contributed by atoms with Crippen LogP contribution in [0.2, 0.25) is 0 Å². The molecule has 1 N–H and O–H groups in total. The predicted molar refractivity (Wildman–Crippen MR) is 65.2 cm³/mol. The highest BCUT2D eigenvalue weighted by Crippen LogP contribution is 2.28. The molecule has 1 aliphatic carbocycles. The van der Waals surface area contributed by atoms with Gasteiger partial charge in [-0.05, 0) is 43.5 Å². The van der Waals surface area contributed by atoms with Crippen molar-refractivity contribution in [3.63, 3.8) is 0 Å². The summed E-state index contributed by atoms with van der Waals surface area (Å²) in [5.41, 5.74) is 0.750. The van der Waals surface area contributed by atoms with E-state index in [2.05, 4.69) is 26.0 Å². The lowest BCUT2D eigenvalue weighted by Gasteiger charge is -2.11. The van der Waals surface area contributed by atoms with Gasteiger partial charge in [-0.3, -0.25) is 0 Å². The Hall–Kier alpha value is -0.680. The third-order valence-electron chi connectivity index (χ3n) is 2.68. The maximum atomic E-state index is 12.2. The normalized spacial score (nSPS) is 15.3. The summed E-state index contributed by atoms with van der Waals surface area (Å²) in [6.45, 7) is -1.28. The molecule has 1 aromatic carbocycles. The lowest BCUT2D eigenvalue weighted by atomic mass is 10.2. The highest BCUT2D eigenvalue weighted by atomic mass is 79.9. The molecule has 1 fully saturated rings. The molecule has 1 aromatic rings. The van der Waals surface area contributed by atoms with Gasteiger partial charge in [0.05, 0.1) is 0 Å². The summed E-state index contributed by atoms with van der Waals surface area (Å²) in [4.78, 5) is 0. The van der Waals surface area contributed by atoms with Gasteiger partial charge < -0.3 is 10.1 Å². The number of rotatable bonds is 6. The van der Waals surface area contributed by atoms with E-state index in [-0.39, 0.29) is 5.75 Å². The van der Waals surface area contributed by atoms with E-state index in [0.717, 1.165) is 22.5 Å². The number of nitrogens with one attached hydrogen (secondary N) is 1. The maximum Gasteiger partial charge on any atom is 0.387 e. The molecule has 1 saturated carbocycles. The van der Waals surface area contributed by atoms with Crippen LogP contribution in [0.25, 0.3) is 0 Å². The third kappa shape index (κ3) is 4.24. The maximum absolute atomic E-state index is 12.2. The van der Waals surface area contributed by atoms with Gasteiger partial charge in [-0.2, -0.15) is 8.78 Å². The Labute approximate surface area is 107 Å². The third-order valence-corrected chi connectivity index (χ3v) is 3.18. The Morgan fingerprint density at radius 2 is 2.18 bits per heavy atom. The molecule has 0 amide bonds. The van der Waals surface area contributed by atoms with Crippen LogP contribution in [0.4, 0.5) is 8.78 Å². The van der Waals surface area contributed by atoms with Gasteiger partial charge in [-0.15, -0.1) is 0 Å². The molecular weight excluding hydrogens is 292 g/mol. The summed E-state index contributed by atoms with van der Waals surface area (Å²) >= 11 is 3.32. The van der Waals surface area contributed by atoms with E-state index in [1.807, 2.05) is 0 Å². The predicted octanol–water partition coefficient (Wildman–Crippen LogP) is 3.55. The largest absolute Gasteiger partial charge is 0.434 e. The first-order chi connectivity index (χ1) is 8.15. The van der Waals surface area contributed by atoms with Crippen LogP contribution in [0.15, 0.2) is 22.7 Å². The minimum atomic E-state index is -2.78. The lowest BCUT2D eigenvalue weighted by molar-refractivity contribution is -0.0505. The van der Waals surface area contributed by atoms with Crippen molar-refractivity contribution in [2.24, 2.45) is 5.92 Å². The van der Waals surface area contributed by atoms with E-state index < -0.39 is 6.61 Å². The summed E-state index contributed by atoms with van der Waals surface area (Å²) < 4.78 is 29.8. The Bertz CT molecular complexity index is 383. The Morgan fingerprint density at radius 3 is 2.82 bits per heavy atom. The van der Waals surface area contributed by atoms with Crippen LogP contribution in [0.5, 0.6) is 5.75 Å². The number of ether oxygens (including phenoxy) is 1. The second-order valence-corrected chi connectivity index (χ2v) is 5.12. The topological polar surface area (TPSA) is 21.3 Å². The van der Waals surface area contributed by atoms with E-state index in [1.165, 1.54) is 12.8 Å². The van der Waals surface area contributed by atoms with Gasteiger partial charge in [-0.1, -0.05) is 15.9 Å². The Balaban J connectivity index is 1.97. The minimum Gasteiger partial charge on any atom is -0.434 e. The Kier molecular flexibility index (Phi) is 4.34.